The number of piperidine rings is 1. The number of hydrogen-bond donors (Lipinski definition) is 3. The van der Waals surface area contributed by atoms with Crippen LogP contribution in [-0.2, 0) is 13.1 Å². The van der Waals surface area contributed by atoms with Gasteiger partial charge in [-0.3, -0.25) is 9.69 Å². The van der Waals surface area contributed by atoms with E-state index in [1.54, 1.807) is 0 Å². The van der Waals surface area contributed by atoms with Crippen LogP contribution in [0.25, 0.3) is 0 Å². The molecule has 0 saturated carbocycles. The molecule has 7 nitrogen and oxygen atoms in total. The van der Waals surface area contributed by atoms with Gasteiger partial charge in [0, 0.05) is 25.0 Å². The number of rotatable bonds is 8. The van der Waals surface area contributed by atoms with Gasteiger partial charge in [-0.15, -0.1) is 0 Å². The molecule has 2 heterocycles. The maximum absolute atomic E-state index is 11.8. The van der Waals surface area contributed by atoms with Gasteiger partial charge in [-0.2, -0.15) is 4.98 Å². The van der Waals surface area contributed by atoms with Crippen molar-refractivity contribution in [3.8, 4) is 0 Å². The van der Waals surface area contributed by atoms with Gasteiger partial charge in [-0.25, -0.2) is 4.98 Å². The van der Waals surface area contributed by atoms with Crippen molar-refractivity contribution in [1.82, 2.24) is 14.9 Å². The van der Waals surface area contributed by atoms with E-state index in [2.05, 4.69) is 37.6 Å². The molecule has 1 aliphatic heterocycles. The van der Waals surface area contributed by atoms with Crippen LogP contribution in [-0.4, -0.2) is 33.9 Å². The van der Waals surface area contributed by atoms with Crippen LogP contribution in [0.3, 0.4) is 0 Å². The van der Waals surface area contributed by atoms with E-state index in [1.807, 2.05) is 42.5 Å². The largest absolute Gasteiger partial charge is 0.365 e. The first-order valence-electron chi connectivity index (χ1n) is 10.7. The molecule has 2 aromatic carbocycles. The maximum Gasteiger partial charge on any atom is 0.254 e. The minimum absolute atomic E-state index is 0.262. The molecule has 0 unspecified atom stereocenters. The summed E-state index contributed by atoms with van der Waals surface area (Å²) in [5, 5.41) is 6.41. The molecule has 0 radical (unpaired) electrons. The van der Waals surface area contributed by atoms with E-state index in [-0.39, 0.29) is 5.56 Å². The van der Waals surface area contributed by atoms with Crippen LogP contribution >= 0.6 is 0 Å². The van der Waals surface area contributed by atoms with E-state index in [1.165, 1.54) is 44.1 Å². The van der Waals surface area contributed by atoms with E-state index in [0.29, 0.717) is 18.3 Å². The fourth-order valence-electron chi connectivity index (χ4n) is 3.74. The third-order valence-corrected chi connectivity index (χ3v) is 5.42. The minimum Gasteiger partial charge on any atom is -0.365 e. The van der Waals surface area contributed by atoms with E-state index in [0.717, 1.165) is 17.8 Å². The van der Waals surface area contributed by atoms with Gasteiger partial charge in [-0.05, 0) is 49.2 Å². The van der Waals surface area contributed by atoms with Gasteiger partial charge in [-0.1, -0.05) is 48.9 Å². The molecule has 7 heteroatoms. The summed E-state index contributed by atoms with van der Waals surface area (Å²) in [5.41, 5.74) is 9.02. The number of nitrogens with one attached hydrogen (secondary N) is 2. The van der Waals surface area contributed by atoms with Crippen molar-refractivity contribution in [2.75, 3.05) is 23.7 Å². The number of benzene rings is 2. The van der Waals surface area contributed by atoms with Gasteiger partial charge in [0.05, 0.1) is 5.56 Å². The first-order chi connectivity index (χ1) is 15.2. The molecule has 4 rings (SSSR count). The fourth-order valence-corrected chi connectivity index (χ4v) is 3.74. The van der Waals surface area contributed by atoms with Gasteiger partial charge in [0.1, 0.15) is 5.82 Å². The highest BCUT2D eigenvalue weighted by molar-refractivity contribution is 5.97. The third-order valence-electron chi connectivity index (χ3n) is 5.42. The molecule has 4 N–H and O–H groups in total. The van der Waals surface area contributed by atoms with E-state index < -0.39 is 5.91 Å². The lowest BCUT2D eigenvalue weighted by Crippen LogP contribution is -2.29. The summed E-state index contributed by atoms with van der Waals surface area (Å²) < 4.78 is 0. The Morgan fingerprint density at radius 1 is 0.968 bits per heavy atom. The number of likely N-dealkylation sites (tertiary alicyclic amines) is 1. The molecule has 1 amide bonds. The number of anilines is 3. The highest BCUT2D eigenvalue weighted by Gasteiger charge is 2.13. The summed E-state index contributed by atoms with van der Waals surface area (Å²) in [6.07, 6.45) is 5.38. The van der Waals surface area contributed by atoms with Gasteiger partial charge in [0.25, 0.3) is 5.91 Å². The number of carbonyl (C=O) groups is 1. The van der Waals surface area contributed by atoms with Crippen LogP contribution in [0.4, 0.5) is 17.5 Å². The SMILES string of the molecule is NC(=O)c1cnc(Nc2ccc(CN3CCCCC3)cc2)nc1NCc1ccccc1. The van der Waals surface area contributed by atoms with E-state index >= 15 is 0 Å². The summed E-state index contributed by atoms with van der Waals surface area (Å²) in [6.45, 7) is 3.87. The Morgan fingerprint density at radius 2 is 1.71 bits per heavy atom. The fraction of sp³-hybridized carbons (Fsp3) is 0.292. The van der Waals surface area contributed by atoms with Gasteiger partial charge in [0.2, 0.25) is 5.95 Å². The predicted octanol–water partition coefficient (Wildman–Crippen LogP) is 3.92. The molecule has 0 spiro atoms. The summed E-state index contributed by atoms with van der Waals surface area (Å²) >= 11 is 0. The average Bonchev–Trinajstić information content (AvgIpc) is 2.80. The summed E-state index contributed by atoms with van der Waals surface area (Å²) in [5.74, 6) is 0.254. The Kier molecular flexibility index (Phi) is 6.74. The summed E-state index contributed by atoms with van der Waals surface area (Å²) in [4.78, 5) is 23.0. The van der Waals surface area contributed by atoms with Crippen molar-refractivity contribution in [2.24, 2.45) is 5.73 Å². The number of aromatic nitrogens is 2. The molecule has 0 bridgehead atoms. The Hall–Kier alpha value is -3.45. The summed E-state index contributed by atoms with van der Waals surface area (Å²) in [6, 6.07) is 18.2. The third kappa shape index (κ3) is 5.79. The van der Waals surface area contributed by atoms with Crippen molar-refractivity contribution in [3.05, 3.63) is 77.5 Å². The number of nitrogens with zero attached hydrogens (tertiary/aromatic N) is 3. The molecule has 1 aliphatic rings. The quantitative estimate of drug-likeness (QED) is 0.515. The van der Waals surface area contributed by atoms with Crippen LogP contribution in [0.1, 0.15) is 40.7 Å². The van der Waals surface area contributed by atoms with Crippen LogP contribution in [0.2, 0.25) is 0 Å². The Morgan fingerprint density at radius 3 is 2.42 bits per heavy atom. The molecular weight excluding hydrogens is 388 g/mol. The van der Waals surface area contributed by atoms with Crippen molar-refractivity contribution in [3.63, 3.8) is 0 Å². The molecular formula is C24H28N6O. The topological polar surface area (TPSA) is 96.2 Å². The zero-order valence-corrected chi connectivity index (χ0v) is 17.6. The smallest absolute Gasteiger partial charge is 0.254 e. The second-order valence-electron chi connectivity index (χ2n) is 7.82. The number of primary amides is 1. The molecule has 0 atom stereocenters. The molecule has 160 valence electrons. The highest BCUT2D eigenvalue weighted by atomic mass is 16.1. The average molecular weight is 417 g/mol. The van der Waals surface area contributed by atoms with Gasteiger partial charge < -0.3 is 16.4 Å². The first-order valence-corrected chi connectivity index (χ1v) is 10.7. The number of hydrogen-bond acceptors (Lipinski definition) is 6. The lowest BCUT2D eigenvalue weighted by Gasteiger charge is -2.26. The van der Waals surface area contributed by atoms with E-state index in [4.69, 9.17) is 5.73 Å². The van der Waals surface area contributed by atoms with Crippen molar-refractivity contribution >= 4 is 23.4 Å². The predicted molar refractivity (Wildman–Crippen MR) is 123 cm³/mol. The second kappa shape index (κ2) is 10.0. The van der Waals surface area contributed by atoms with Crippen LogP contribution in [0.15, 0.2) is 60.8 Å². The number of amides is 1. The molecule has 1 aromatic heterocycles. The van der Waals surface area contributed by atoms with Crippen molar-refractivity contribution in [2.45, 2.75) is 32.4 Å². The van der Waals surface area contributed by atoms with Crippen LogP contribution in [0.5, 0.6) is 0 Å². The van der Waals surface area contributed by atoms with Crippen molar-refractivity contribution in [1.29, 1.82) is 0 Å². The second-order valence-corrected chi connectivity index (χ2v) is 7.82. The molecule has 1 fully saturated rings. The zero-order valence-electron chi connectivity index (χ0n) is 17.6. The Bertz CT molecular complexity index is 1000. The normalized spacial score (nSPS) is 14.2. The van der Waals surface area contributed by atoms with Gasteiger partial charge in [0.15, 0.2) is 0 Å². The number of nitrogens with two attached hydrogens (primary N) is 1. The Balaban J connectivity index is 1.43. The minimum atomic E-state index is -0.566. The maximum atomic E-state index is 11.8. The lowest BCUT2D eigenvalue weighted by molar-refractivity contribution is 0.100. The zero-order chi connectivity index (χ0) is 21.5. The van der Waals surface area contributed by atoms with Gasteiger partial charge >= 0.3 is 0 Å². The molecule has 0 aliphatic carbocycles. The monoisotopic (exact) mass is 416 g/mol. The van der Waals surface area contributed by atoms with Crippen LogP contribution < -0.4 is 16.4 Å². The first kappa shape index (κ1) is 20.8. The molecule has 1 saturated heterocycles. The van der Waals surface area contributed by atoms with E-state index in [9.17, 15) is 4.79 Å². The highest BCUT2D eigenvalue weighted by Crippen LogP contribution is 2.20. The molecule has 31 heavy (non-hydrogen) atoms. The standard InChI is InChI=1S/C24H28N6O/c25-22(31)21-16-27-24(29-23(21)26-15-18-7-3-1-4-8-18)28-20-11-9-19(10-12-20)17-30-13-5-2-6-14-30/h1,3-4,7-12,16H,2,5-6,13-15,17H2,(H2,25,31)(H2,26,27,28,29). The number of carbonyl (C=O) groups excluding carboxylic acids is 1. The van der Waals surface area contributed by atoms with Crippen LogP contribution in [0, 0.1) is 0 Å². The van der Waals surface area contributed by atoms with Crippen molar-refractivity contribution < 1.29 is 4.79 Å². The molecule has 3 aromatic rings. The lowest BCUT2D eigenvalue weighted by atomic mass is 10.1. The summed E-state index contributed by atoms with van der Waals surface area (Å²) in [7, 11) is 0. The Labute approximate surface area is 182 Å².